The van der Waals surface area contributed by atoms with E-state index in [9.17, 15) is 0 Å². The molecule has 0 fully saturated rings. The Balaban J connectivity index is 2.31. The molecule has 0 bridgehead atoms. The number of hydrogen-bond acceptors (Lipinski definition) is 4. The van der Waals surface area contributed by atoms with Gasteiger partial charge < -0.3 is 4.98 Å². The van der Waals surface area contributed by atoms with Crippen molar-refractivity contribution < 1.29 is 0 Å². The van der Waals surface area contributed by atoms with Gasteiger partial charge in [-0.15, -0.1) is 0 Å². The van der Waals surface area contributed by atoms with Crippen LogP contribution in [-0.2, 0) is 0 Å². The van der Waals surface area contributed by atoms with Crippen LogP contribution >= 0.6 is 11.8 Å². The summed E-state index contributed by atoms with van der Waals surface area (Å²) >= 11 is 1.39. The van der Waals surface area contributed by atoms with Crippen LogP contribution in [0.15, 0.2) is 41.8 Å². The zero-order chi connectivity index (χ0) is 12.8. The molecule has 90 valence electrons. The van der Waals surface area contributed by atoms with Crippen molar-refractivity contribution in [1.29, 1.82) is 5.26 Å². The lowest BCUT2D eigenvalue weighted by molar-refractivity contribution is 1.28. The zero-order valence-corrected chi connectivity index (χ0v) is 10.5. The summed E-state index contributed by atoms with van der Waals surface area (Å²) in [6.45, 7) is 0. The number of amidine groups is 1. The van der Waals surface area contributed by atoms with Crippen LogP contribution < -0.4 is 5.32 Å². The van der Waals surface area contributed by atoms with Gasteiger partial charge in [-0.1, -0.05) is 23.9 Å². The molecule has 0 radical (unpaired) electrons. The number of rotatable bonds is 2. The lowest BCUT2D eigenvalue weighted by Crippen LogP contribution is -2.12. The lowest BCUT2D eigenvalue weighted by Gasteiger charge is -2.02. The molecule has 0 saturated heterocycles. The van der Waals surface area contributed by atoms with E-state index in [0.717, 1.165) is 16.9 Å². The minimum atomic E-state index is 0.569. The number of aromatic nitrogens is 2. The maximum Gasteiger partial charge on any atom is 0.183 e. The quantitative estimate of drug-likeness (QED) is 0.375. The van der Waals surface area contributed by atoms with Crippen molar-refractivity contribution in [2.75, 3.05) is 6.26 Å². The highest BCUT2D eigenvalue weighted by molar-refractivity contribution is 8.13. The van der Waals surface area contributed by atoms with Gasteiger partial charge in [-0.3, -0.25) is 5.32 Å². The van der Waals surface area contributed by atoms with Crippen LogP contribution in [0.4, 0.5) is 5.69 Å². The molecular formula is C12H11N5S. The van der Waals surface area contributed by atoms with Crippen LogP contribution in [0.3, 0.4) is 0 Å². The Morgan fingerprint density at radius 3 is 3.11 bits per heavy atom. The van der Waals surface area contributed by atoms with Crippen LogP contribution in [0, 0.1) is 11.5 Å². The summed E-state index contributed by atoms with van der Waals surface area (Å²) in [5.74, 6) is 0. The van der Waals surface area contributed by atoms with Crippen molar-refractivity contribution in [2.45, 2.75) is 0 Å². The van der Waals surface area contributed by atoms with Gasteiger partial charge in [0.2, 0.25) is 0 Å². The standard InChI is InChI=1S/C12H11N5S/c1-18-12(15-7-13)17-10-4-2-3-9(5-10)11-6-14-8-16-11/h2-6,8H,1H3,(H,14,16)(H,15,17). The van der Waals surface area contributed by atoms with Gasteiger partial charge in [0.1, 0.15) is 0 Å². The number of imidazole rings is 1. The Morgan fingerprint density at radius 2 is 2.44 bits per heavy atom. The highest BCUT2D eigenvalue weighted by Crippen LogP contribution is 2.22. The molecule has 1 heterocycles. The van der Waals surface area contributed by atoms with E-state index < -0.39 is 0 Å². The summed E-state index contributed by atoms with van der Waals surface area (Å²) in [7, 11) is 0. The van der Waals surface area contributed by atoms with Gasteiger partial charge in [0.25, 0.3) is 0 Å². The molecule has 0 atom stereocenters. The maximum absolute atomic E-state index is 8.58. The maximum atomic E-state index is 8.58. The predicted molar refractivity (Wildman–Crippen MR) is 73.4 cm³/mol. The molecule has 6 heteroatoms. The molecular weight excluding hydrogens is 246 g/mol. The average Bonchev–Trinajstić information content (AvgIpc) is 2.92. The number of nitrogens with zero attached hydrogens (tertiary/aromatic N) is 3. The SMILES string of the molecule is CSC(=Nc1cccc(-c2cnc[nH]2)c1)NC#N. The third kappa shape index (κ3) is 2.90. The predicted octanol–water partition coefficient (Wildman–Crippen LogP) is 2.50. The Bertz CT molecular complexity index is 583. The van der Waals surface area contributed by atoms with Gasteiger partial charge in [0, 0.05) is 5.56 Å². The highest BCUT2D eigenvalue weighted by Gasteiger charge is 2.01. The van der Waals surface area contributed by atoms with E-state index in [4.69, 9.17) is 5.26 Å². The number of thioether (sulfide) groups is 1. The van der Waals surface area contributed by atoms with E-state index in [1.165, 1.54) is 11.8 Å². The van der Waals surface area contributed by atoms with Crippen LogP contribution in [-0.4, -0.2) is 21.4 Å². The van der Waals surface area contributed by atoms with Crippen molar-refractivity contribution >= 4 is 22.6 Å². The Morgan fingerprint density at radius 1 is 1.56 bits per heavy atom. The summed E-state index contributed by atoms with van der Waals surface area (Å²) in [5, 5.41) is 11.7. The van der Waals surface area contributed by atoms with E-state index in [2.05, 4.69) is 20.3 Å². The Hall–Kier alpha value is -2.26. The summed E-state index contributed by atoms with van der Waals surface area (Å²) in [5.41, 5.74) is 2.73. The molecule has 0 amide bonds. The molecule has 5 nitrogen and oxygen atoms in total. The van der Waals surface area contributed by atoms with Crippen LogP contribution in [0.1, 0.15) is 0 Å². The first kappa shape index (κ1) is 12.2. The van der Waals surface area contributed by atoms with Gasteiger partial charge in [-0.05, 0) is 18.4 Å². The second-order valence-electron chi connectivity index (χ2n) is 3.37. The van der Waals surface area contributed by atoms with Gasteiger partial charge in [-0.2, -0.15) is 5.26 Å². The first-order valence-corrected chi connectivity index (χ1v) is 6.42. The van der Waals surface area contributed by atoms with Crippen molar-refractivity contribution in [3.8, 4) is 17.5 Å². The molecule has 2 aromatic rings. The monoisotopic (exact) mass is 257 g/mol. The minimum Gasteiger partial charge on any atom is -0.345 e. The summed E-state index contributed by atoms with van der Waals surface area (Å²) in [6.07, 6.45) is 7.12. The lowest BCUT2D eigenvalue weighted by atomic mass is 10.1. The van der Waals surface area contributed by atoms with E-state index in [-0.39, 0.29) is 0 Å². The minimum absolute atomic E-state index is 0.569. The molecule has 0 aliphatic carbocycles. The number of nitriles is 1. The van der Waals surface area contributed by atoms with Gasteiger partial charge in [-0.25, -0.2) is 9.98 Å². The normalized spacial score (nSPS) is 11.0. The highest BCUT2D eigenvalue weighted by atomic mass is 32.2. The summed E-state index contributed by atoms with van der Waals surface area (Å²) in [4.78, 5) is 11.4. The first-order chi connectivity index (χ1) is 8.83. The number of nitrogens with one attached hydrogen (secondary N) is 2. The fraction of sp³-hybridized carbons (Fsp3) is 0.0833. The molecule has 0 aliphatic heterocycles. The van der Waals surface area contributed by atoms with Crippen molar-refractivity contribution in [2.24, 2.45) is 4.99 Å². The fourth-order valence-electron chi connectivity index (χ4n) is 1.45. The molecule has 1 aromatic carbocycles. The second-order valence-corrected chi connectivity index (χ2v) is 4.17. The second kappa shape index (κ2) is 5.89. The van der Waals surface area contributed by atoms with Crippen molar-refractivity contribution in [3.63, 3.8) is 0 Å². The number of H-pyrrole nitrogens is 1. The molecule has 0 unspecified atom stereocenters. The third-order valence-corrected chi connectivity index (χ3v) is 2.82. The Kier molecular flexibility index (Phi) is 3.99. The zero-order valence-electron chi connectivity index (χ0n) is 9.71. The number of benzene rings is 1. The van der Waals surface area contributed by atoms with Crippen LogP contribution in [0.5, 0.6) is 0 Å². The molecule has 0 saturated carbocycles. The number of hydrogen-bond donors (Lipinski definition) is 2. The molecule has 0 spiro atoms. The van der Waals surface area contributed by atoms with Gasteiger partial charge in [0.15, 0.2) is 11.4 Å². The summed E-state index contributed by atoms with van der Waals surface area (Å²) in [6, 6.07) is 7.71. The van der Waals surface area contributed by atoms with Crippen molar-refractivity contribution in [3.05, 3.63) is 36.8 Å². The van der Waals surface area contributed by atoms with E-state index >= 15 is 0 Å². The van der Waals surface area contributed by atoms with E-state index in [1.54, 1.807) is 12.5 Å². The topological polar surface area (TPSA) is 76.9 Å². The molecule has 0 aliphatic rings. The molecule has 1 aromatic heterocycles. The molecule has 18 heavy (non-hydrogen) atoms. The fourth-order valence-corrected chi connectivity index (χ4v) is 1.79. The first-order valence-electron chi connectivity index (χ1n) is 5.20. The van der Waals surface area contributed by atoms with E-state index in [0.29, 0.717) is 5.17 Å². The summed E-state index contributed by atoms with van der Waals surface area (Å²) < 4.78 is 0. The van der Waals surface area contributed by atoms with Gasteiger partial charge in [0.05, 0.1) is 23.9 Å². The van der Waals surface area contributed by atoms with Crippen LogP contribution in [0.25, 0.3) is 11.3 Å². The smallest absolute Gasteiger partial charge is 0.183 e. The molecule has 2 rings (SSSR count). The number of aliphatic imine (C=N–C) groups is 1. The van der Waals surface area contributed by atoms with Crippen molar-refractivity contribution in [1.82, 2.24) is 15.3 Å². The van der Waals surface area contributed by atoms with Crippen LogP contribution in [0.2, 0.25) is 0 Å². The average molecular weight is 257 g/mol. The molecule has 2 N–H and O–H groups in total. The largest absolute Gasteiger partial charge is 0.345 e. The number of aromatic amines is 1. The third-order valence-electron chi connectivity index (χ3n) is 2.24. The Labute approximate surface area is 109 Å². The van der Waals surface area contributed by atoms with Gasteiger partial charge >= 0.3 is 0 Å². The van der Waals surface area contributed by atoms with E-state index in [1.807, 2.05) is 36.7 Å².